The van der Waals surface area contributed by atoms with Crippen LogP contribution < -0.4 is 5.32 Å². The number of anilines is 1. The van der Waals surface area contributed by atoms with Crippen molar-refractivity contribution in [2.45, 2.75) is 6.92 Å². The lowest BCUT2D eigenvalue weighted by atomic mass is 10.2. The molecular formula is C10H11Cl2N. The SMILES string of the molecule is Cc1ccc(NC/C=C/Cl)c(Cl)c1. The van der Waals surface area contributed by atoms with Crippen LogP contribution >= 0.6 is 23.2 Å². The third kappa shape index (κ3) is 3.29. The average molecular weight is 216 g/mol. The fraction of sp³-hybridized carbons (Fsp3) is 0.200. The molecule has 1 rings (SSSR count). The molecule has 0 saturated carbocycles. The van der Waals surface area contributed by atoms with Gasteiger partial charge in [-0.1, -0.05) is 35.3 Å². The van der Waals surface area contributed by atoms with Crippen LogP contribution in [-0.4, -0.2) is 6.54 Å². The molecule has 0 aliphatic heterocycles. The van der Waals surface area contributed by atoms with Gasteiger partial charge < -0.3 is 5.32 Å². The Hall–Kier alpha value is -0.660. The van der Waals surface area contributed by atoms with Gasteiger partial charge in [-0.2, -0.15) is 0 Å². The second kappa shape index (κ2) is 5.15. The second-order valence-corrected chi connectivity index (χ2v) is 3.39. The van der Waals surface area contributed by atoms with Crippen LogP contribution in [0.3, 0.4) is 0 Å². The van der Waals surface area contributed by atoms with Crippen LogP contribution in [0.5, 0.6) is 0 Å². The van der Waals surface area contributed by atoms with E-state index in [0.29, 0.717) is 6.54 Å². The van der Waals surface area contributed by atoms with Gasteiger partial charge in [0.2, 0.25) is 0 Å². The first kappa shape index (κ1) is 10.4. The Balaban J connectivity index is 2.66. The van der Waals surface area contributed by atoms with Crippen LogP contribution in [0.25, 0.3) is 0 Å². The van der Waals surface area contributed by atoms with E-state index in [1.54, 1.807) is 0 Å². The van der Waals surface area contributed by atoms with Gasteiger partial charge in [0.1, 0.15) is 0 Å². The fourth-order valence-corrected chi connectivity index (χ4v) is 1.37. The summed E-state index contributed by atoms with van der Waals surface area (Å²) in [5.41, 5.74) is 3.57. The molecule has 0 unspecified atom stereocenters. The topological polar surface area (TPSA) is 12.0 Å². The Morgan fingerprint density at radius 1 is 1.46 bits per heavy atom. The Labute approximate surface area is 88.4 Å². The summed E-state index contributed by atoms with van der Waals surface area (Å²) in [7, 11) is 0. The normalized spacial score (nSPS) is 10.7. The van der Waals surface area contributed by atoms with Gasteiger partial charge in [0.05, 0.1) is 10.7 Å². The molecule has 0 aliphatic rings. The van der Waals surface area contributed by atoms with Crippen LogP contribution in [0, 0.1) is 6.92 Å². The summed E-state index contributed by atoms with van der Waals surface area (Å²) >= 11 is 11.4. The Morgan fingerprint density at radius 3 is 2.85 bits per heavy atom. The molecule has 0 spiro atoms. The number of rotatable bonds is 3. The molecule has 3 heteroatoms. The monoisotopic (exact) mass is 215 g/mol. The lowest BCUT2D eigenvalue weighted by Crippen LogP contribution is -1.98. The van der Waals surface area contributed by atoms with Gasteiger partial charge in [-0.25, -0.2) is 0 Å². The van der Waals surface area contributed by atoms with E-state index < -0.39 is 0 Å². The summed E-state index contributed by atoms with van der Waals surface area (Å²) in [4.78, 5) is 0. The van der Waals surface area contributed by atoms with Gasteiger partial charge in [-0.3, -0.25) is 0 Å². The second-order valence-electron chi connectivity index (χ2n) is 2.73. The minimum atomic E-state index is 0.687. The zero-order chi connectivity index (χ0) is 9.68. The Kier molecular flexibility index (Phi) is 4.13. The van der Waals surface area contributed by atoms with E-state index >= 15 is 0 Å². The smallest absolute Gasteiger partial charge is 0.0640 e. The molecule has 0 saturated heterocycles. The van der Waals surface area contributed by atoms with E-state index in [0.717, 1.165) is 16.3 Å². The van der Waals surface area contributed by atoms with Crippen LogP contribution in [0.1, 0.15) is 5.56 Å². The number of nitrogens with one attached hydrogen (secondary N) is 1. The van der Waals surface area contributed by atoms with Crippen LogP contribution in [0.4, 0.5) is 5.69 Å². The number of benzene rings is 1. The van der Waals surface area contributed by atoms with E-state index in [-0.39, 0.29) is 0 Å². The number of hydrogen-bond acceptors (Lipinski definition) is 1. The average Bonchev–Trinajstić information content (AvgIpc) is 2.09. The summed E-state index contributed by atoms with van der Waals surface area (Å²) in [6.07, 6.45) is 1.82. The molecule has 0 atom stereocenters. The van der Waals surface area contributed by atoms with Crippen molar-refractivity contribution < 1.29 is 0 Å². The molecule has 1 nitrogen and oxygen atoms in total. The van der Waals surface area contributed by atoms with Crippen molar-refractivity contribution in [2.75, 3.05) is 11.9 Å². The highest BCUT2D eigenvalue weighted by Crippen LogP contribution is 2.22. The molecule has 0 fully saturated rings. The maximum Gasteiger partial charge on any atom is 0.0640 e. The van der Waals surface area contributed by atoms with Gasteiger partial charge in [0.15, 0.2) is 0 Å². The molecule has 0 radical (unpaired) electrons. The third-order valence-electron chi connectivity index (χ3n) is 1.62. The van der Waals surface area contributed by atoms with Crippen molar-refractivity contribution in [1.29, 1.82) is 0 Å². The minimum absolute atomic E-state index is 0.687. The molecule has 0 bridgehead atoms. The fourth-order valence-electron chi connectivity index (χ4n) is 0.977. The summed E-state index contributed by atoms with van der Waals surface area (Å²) in [6, 6.07) is 5.90. The predicted octanol–water partition coefficient (Wildman–Crippen LogP) is 3.81. The van der Waals surface area contributed by atoms with Gasteiger partial charge in [-0.05, 0) is 24.6 Å². The standard InChI is InChI=1S/C10H11Cl2N/c1-8-3-4-10(9(12)7-8)13-6-2-5-11/h2-5,7,13H,6H2,1H3/b5-2+. The maximum absolute atomic E-state index is 5.99. The molecule has 70 valence electrons. The Morgan fingerprint density at radius 2 is 2.23 bits per heavy atom. The van der Waals surface area contributed by atoms with Gasteiger partial charge in [0.25, 0.3) is 0 Å². The maximum atomic E-state index is 5.99. The first-order chi connectivity index (χ1) is 6.24. The van der Waals surface area contributed by atoms with Crippen molar-refractivity contribution in [3.63, 3.8) is 0 Å². The molecule has 1 N–H and O–H groups in total. The summed E-state index contributed by atoms with van der Waals surface area (Å²) in [6.45, 7) is 2.70. The summed E-state index contributed by atoms with van der Waals surface area (Å²) in [5, 5.41) is 3.88. The molecule has 0 aromatic heterocycles. The van der Waals surface area contributed by atoms with Crippen LogP contribution in [0.15, 0.2) is 29.8 Å². The highest BCUT2D eigenvalue weighted by molar-refractivity contribution is 6.33. The highest BCUT2D eigenvalue weighted by Gasteiger charge is 1.97. The first-order valence-electron chi connectivity index (χ1n) is 3.99. The lowest BCUT2D eigenvalue weighted by Gasteiger charge is -2.05. The van der Waals surface area contributed by atoms with Gasteiger partial charge in [0, 0.05) is 12.1 Å². The van der Waals surface area contributed by atoms with E-state index in [4.69, 9.17) is 23.2 Å². The number of halogens is 2. The Bertz CT molecular complexity index is 308. The van der Waals surface area contributed by atoms with Crippen molar-refractivity contribution in [3.8, 4) is 0 Å². The molecule has 1 aromatic rings. The summed E-state index contributed by atoms with van der Waals surface area (Å²) in [5.74, 6) is 0. The van der Waals surface area contributed by atoms with Crippen molar-refractivity contribution in [3.05, 3.63) is 40.4 Å². The zero-order valence-electron chi connectivity index (χ0n) is 7.35. The third-order valence-corrected chi connectivity index (χ3v) is 2.11. The quantitative estimate of drug-likeness (QED) is 0.809. The molecule has 0 aliphatic carbocycles. The highest BCUT2D eigenvalue weighted by atomic mass is 35.5. The van der Waals surface area contributed by atoms with E-state index in [9.17, 15) is 0 Å². The van der Waals surface area contributed by atoms with Crippen molar-refractivity contribution >= 4 is 28.9 Å². The number of aryl methyl sites for hydroxylation is 1. The number of hydrogen-bond donors (Lipinski definition) is 1. The van der Waals surface area contributed by atoms with Crippen molar-refractivity contribution in [2.24, 2.45) is 0 Å². The molecule has 0 amide bonds. The first-order valence-corrected chi connectivity index (χ1v) is 4.80. The van der Waals surface area contributed by atoms with Gasteiger partial charge >= 0.3 is 0 Å². The summed E-state index contributed by atoms with van der Waals surface area (Å²) < 4.78 is 0. The molecular weight excluding hydrogens is 205 g/mol. The van der Waals surface area contributed by atoms with E-state index in [2.05, 4.69) is 5.32 Å². The van der Waals surface area contributed by atoms with Crippen LogP contribution in [-0.2, 0) is 0 Å². The lowest BCUT2D eigenvalue weighted by molar-refractivity contribution is 1.33. The molecule has 1 aromatic carbocycles. The van der Waals surface area contributed by atoms with E-state index in [1.165, 1.54) is 5.54 Å². The zero-order valence-corrected chi connectivity index (χ0v) is 8.86. The van der Waals surface area contributed by atoms with Gasteiger partial charge in [-0.15, -0.1) is 0 Å². The van der Waals surface area contributed by atoms with Crippen molar-refractivity contribution in [1.82, 2.24) is 0 Å². The largest absolute Gasteiger partial charge is 0.380 e. The predicted molar refractivity (Wildman–Crippen MR) is 59.7 cm³/mol. The molecule has 0 heterocycles. The van der Waals surface area contributed by atoms with Crippen LogP contribution in [0.2, 0.25) is 5.02 Å². The van der Waals surface area contributed by atoms with E-state index in [1.807, 2.05) is 31.2 Å². The minimum Gasteiger partial charge on any atom is -0.380 e. The molecule has 13 heavy (non-hydrogen) atoms.